The van der Waals surface area contributed by atoms with Gasteiger partial charge in [0.05, 0.1) is 45.9 Å². The SMILES string of the molecule is S=C1N[C@H](c2ccccn2)[C@H](c2cccn2-c2nc3ccccc3s2)N1Cc1ccccn1. The van der Waals surface area contributed by atoms with Crippen molar-refractivity contribution in [3.8, 4) is 5.13 Å². The molecule has 1 fully saturated rings. The number of rotatable bonds is 5. The van der Waals surface area contributed by atoms with E-state index < -0.39 is 0 Å². The Labute approximate surface area is 200 Å². The molecular formula is C25H20N6S2. The molecule has 0 amide bonds. The molecule has 0 spiro atoms. The lowest BCUT2D eigenvalue weighted by molar-refractivity contribution is 0.299. The molecule has 1 aromatic carbocycles. The van der Waals surface area contributed by atoms with Gasteiger partial charge in [-0.15, -0.1) is 0 Å². The highest BCUT2D eigenvalue weighted by atomic mass is 32.1. The van der Waals surface area contributed by atoms with Crippen LogP contribution in [0.4, 0.5) is 0 Å². The summed E-state index contributed by atoms with van der Waals surface area (Å²) in [6.45, 7) is 0.603. The molecule has 1 saturated heterocycles. The van der Waals surface area contributed by atoms with Gasteiger partial charge in [-0.2, -0.15) is 0 Å². The fraction of sp³-hybridized carbons (Fsp3) is 0.120. The van der Waals surface area contributed by atoms with Gasteiger partial charge in [0.1, 0.15) is 0 Å². The number of nitrogens with one attached hydrogen (secondary N) is 1. The number of hydrogen-bond acceptors (Lipinski definition) is 5. The van der Waals surface area contributed by atoms with E-state index >= 15 is 0 Å². The van der Waals surface area contributed by atoms with Crippen LogP contribution in [0.25, 0.3) is 15.3 Å². The molecule has 0 aliphatic carbocycles. The molecule has 8 heteroatoms. The number of pyridine rings is 2. The Morgan fingerprint density at radius 1 is 0.909 bits per heavy atom. The van der Waals surface area contributed by atoms with Crippen molar-refractivity contribution in [2.45, 2.75) is 18.6 Å². The number of benzene rings is 1. The van der Waals surface area contributed by atoms with Crippen molar-refractivity contribution in [1.82, 2.24) is 29.7 Å². The van der Waals surface area contributed by atoms with E-state index in [4.69, 9.17) is 17.2 Å². The fourth-order valence-corrected chi connectivity index (χ4v) is 5.61. The van der Waals surface area contributed by atoms with Crippen molar-refractivity contribution < 1.29 is 0 Å². The molecule has 33 heavy (non-hydrogen) atoms. The second kappa shape index (κ2) is 8.38. The minimum Gasteiger partial charge on any atom is -0.352 e. The third-order valence-electron chi connectivity index (χ3n) is 5.83. The van der Waals surface area contributed by atoms with Crippen molar-refractivity contribution >= 4 is 38.9 Å². The summed E-state index contributed by atoms with van der Waals surface area (Å²) in [7, 11) is 0. The highest BCUT2D eigenvalue weighted by molar-refractivity contribution is 7.80. The number of hydrogen-bond donors (Lipinski definition) is 1. The summed E-state index contributed by atoms with van der Waals surface area (Å²) in [5, 5.41) is 5.15. The summed E-state index contributed by atoms with van der Waals surface area (Å²) in [6, 6.07) is 24.2. The molecule has 6 nitrogen and oxygen atoms in total. The Balaban J connectivity index is 1.46. The van der Waals surface area contributed by atoms with Crippen LogP contribution in [0.2, 0.25) is 0 Å². The van der Waals surface area contributed by atoms with E-state index in [1.54, 1.807) is 11.3 Å². The molecule has 1 aliphatic rings. The molecule has 1 N–H and O–H groups in total. The van der Waals surface area contributed by atoms with Crippen molar-refractivity contribution in [3.63, 3.8) is 0 Å². The van der Waals surface area contributed by atoms with Crippen LogP contribution in [0, 0.1) is 0 Å². The molecule has 4 aromatic heterocycles. The highest BCUT2D eigenvalue weighted by Crippen LogP contribution is 2.40. The first-order valence-electron chi connectivity index (χ1n) is 10.7. The molecule has 0 bridgehead atoms. The van der Waals surface area contributed by atoms with Crippen LogP contribution in [-0.2, 0) is 6.54 Å². The van der Waals surface area contributed by atoms with E-state index in [0.29, 0.717) is 11.7 Å². The first kappa shape index (κ1) is 20.0. The minimum absolute atomic E-state index is 0.0728. The molecule has 1 aliphatic heterocycles. The molecular weight excluding hydrogens is 448 g/mol. The van der Waals surface area contributed by atoms with Gasteiger partial charge in [0.15, 0.2) is 10.2 Å². The largest absolute Gasteiger partial charge is 0.352 e. The quantitative estimate of drug-likeness (QED) is 0.364. The summed E-state index contributed by atoms with van der Waals surface area (Å²) in [6.07, 6.45) is 5.71. The van der Waals surface area contributed by atoms with Crippen LogP contribution < -0.4 is 5.32 Å². The minimum atomic E-state index is -0.0922. The van der Waals surface area contributed by atoms with E-state index in [-0.39, 0.29) is 12.1 Å². The van der Waals surface area contributed by atoms with Gasteiger partial charge in [-0.1, -0.05) is 35.6 Å². The standard InChI is InChI=1S/C25H20N6S2/c32-24-29-22(19-10-4-6-14-27-19)23(31(24)16-17-8-3-5-13-26-17)20-11-7-15-30(20)25-28-18-9-1-2-12-21(18)33-25/h1-15,22-23H,16H2,(H,29,32)/t22-,23+/m1/s1. The third-order valence-corrected chi connectivity index (χ3v) is 7.22. The summed E-state index contributed by atoms with van der Waals surface area (Å²) in [4.78, 5) is 16.3. The molecule has 6 rings (SSSR count). The predicted molar refractivity (Wildman–Crippen MR) is 134 cm³/mol. The van der Waals surface area contributed by atoms with Gasteiger partial charge in [0, 0.05) is 18.6 Å². The number of thiocarbonyl (C=S) groups is 1. The number of aromatic nitrogens is 4. The van der Waals surface area contributed by atoms with Gasteiger partial charge < -0.3 is 10.2 Å². The van der Waals surface area contributed by atoms with Crippen LogP contribution >= 0.6 is 23.6 Å². The lowest BCUT2D eigenvalue weighted by Crippen LogP contribution is -2.30. The normalized spacial score (nSPS) is 18.1. The first-order chi connectivity index (χ1) is 16.3. The van der Waals surface area contributed by atoms with Crippen LogP contribution in [0.1, 0.15) is 29.2 Å². The van der Waals surface area contributed by atoms with E-state index in [1.807, 2.05) is 60.9 Å². The summed E-state index contributed by atoms with van der Waals surface area (Å²) < 4.78 is 3.34. The monoisotopic (exact) mass is 468 g/mol. The zero-order valence-electron chi connectivity index (χ0n) is 17.6. The van der Waals surface area contributed by atoms with Crippen LogP contribution in [0.15, 0.2) is 91.4 Å². The highest BCUT2D eigenvalue weighted by Gasteiger charge is 2.41. The zero-order chi connectivity index (χ0) is 22.2. The maximum Gasteiger partial charge on any atom is 0.194 e. The Morgan fingerprint density at radius 3 is 2.52 bits per heavy atom. The van der Waals surface area contributed by atoms with Crippen molar-refractivity contribution in [1.29, 1.82) is 0 Å². The summed E-state index contributed by atoms with van der Waals surface area (Å²) in [5.41, 5.74) is 4.02. The molecule has 0 saturated carbocycles. The van der Waals surface area contributed by atoms with E-state index in [9.17, 15) is 0 Å². The Kier molecular flexibility index (Phi) is 5.09. The molecule has 0 unspecified atom stereocenters. The van der Waals surface area contributed by atoms with Gasteiger partial charge in [-0.25, -0.2) is 4.98 Å². The van der Waals surface area contributed by atoms with Gasteiger partial charge >= 0.3 is 0 Å². The predicted octanol–water partition coefficient (Wildman–Crippen LogP) is 5.05. The fourth-order valence-electron chi connectivity index (χ4n) is 4.34. The molecule has 0 radical (unpaired) electrons. The average molecular weight is 469 g/mol. The molecule has 5 heterocycles. The topological polar surface area (TPSA) is 58.9 Å². The van der Waals surface area contributed by atoms with E-state index in [1.165, 1.54) is 4.70 Å². The first-order valence-corrected chi connectivity index (χ1v) is 11.9. The van der Waals surface area contributed by atoms with Crippen molar-refractivity contribution in [2.75, 3.05) is 0 Å². The molecule has 5 aromatic rings. The van der Waals surface area contributed by atoms with E-state index in [2.05, 4.69) is 55.2 Å². The lowest BCUT2D eigenvalue weighted by Gasteiger charge is -2.28. The summed E-state index contributed by atoms with van der Waals surface area (Å²) in [5.74, 6) is 0. The van der Waals surface area contributed by atoms with Crippen LogP contribution in [0.5, 0.6) is 0 Å². The third kappa shape index (κ3) is 3.67. The second-order valence-electron chi connectivity index (χ2n) is 7.84. The second-order valence-corrected chi connectivity index (χ2v) is 9.24. The average Bonchev–Trinajstić information content (AvgIpc) is 3.57. The van der Waals surface area contributed by atoms with Gasteiger partial charge in [-0.3, -0.25) is 14.5 Å². The Hall–Kier alpha value is -3.62. The van der Waals surface area contributed by atoms with Crippen molar-refractivity contribution in [2.24, 2.45) is 0 Å². The number of nitrogens with zero attached hydrogens (tertiary/aromatic N) is 5. The lowest BCUT2D eigenvalue weighted by atomic mass is 10.0. The van der Waals surface area contributed by atoms with Gasteiger partial charge in [-0.05, 0) is 60.7 Å². The molecule has 162 valence electrons. The zero-order valence-corrected chi connectivity index (χ0v) is 19.2. The van der Waals surface area contributed by atoms with E-state index in [0.717, 1.165) is 27.7 Å². The molecule has 2 atom stereocenters. The number of fused-ring (bicyclic) bond motifs is 1. The van der Waals surface area contributed by atoms with Crippen LogP contribution in [-0.4, -0.2) is 29.5 Å². The van der Waals surface area contributed by atoms with Gasteiger partial charge in [0.25, 0.3) is 0 Å². The van der Waals surface area contributed by atoms with Crippen molar-refractivity contribution in [3.05, 3.63) is 108 Å². The Bertz CT molecular complexity index is 1380. The maximum atomic E-state index is 5.82. The maximum absolute atomic E-state index is 5.82. The summed E-state index contributed by atoms with van der Waals surface area (Å²) >= 11 is 7.50. The van der Waals surface area contributed by atoms with Gasteiger partial charge in [0.2, 0.25) is 0 Å². The Morgan fingerprint density at radius 2 is 1.73 bits per heavy atom. The van der Waals surface area contributed by atoms with Crippen LogP contribution in [0.3, 0.4) is 0 Å². The smallest absolute Gasteiger partial charge is 0.194 e. The number of thiazole rings is 1. The number of para-hydroxylation sites is 1.